The highest BCUT2D eigenvalue weighted by Gasteiger charge is 2.10. The Bertz CT molecular complexity index is 726. The lowest BCUT2D eigenvalue weighted by Crippen LogP contribution is -2.00. The number of carbonyl (C=O) groups excluding carboxylic acids is 1. The number of ether oxygens (including phenoxy) is 1. The van der Waals surface area contributed by atoms with E-state index in [1.807, 2.05) is 17.5 Å². The highest BCUT2D eigenvalue weighted by molar-refractivity contribution is 7.10. The van der Waals surface area contributed by atoms with Crippen molar-refractivity contribution in [3.8, 4) is 11.5 Å². The van der Waals surface area contributed by atoms with Gasteiger partial charge in [0.25, 0.3) is 0 Å². The molecule has 0 aliphatic carbocycles. The van der Waals surface area contributed by atoms with Crippen LogP contribution in [0.15, 0.2) is 57.0 Å². The molecule has 0 saturated heterocycles. The molecule has 0 N–H and O–H groups in total. The fourth-order valence-corrected chi connectivity index (χ4v) is 2.26. The Morgan fingerprint density at radius 1 is 1.33 bits per heavy atom. The van der Waals surface area contributed by atoms with Crippen molar-refractivity contribution in [1.29, 1.82) is 0 Å². The van der Waals surface area contributed by atoms with Gasteiger partial charge in [-0.3, -0.25) is 0 Å². The van der Waals surface area contributed by atoms with Crippen molar-refractivity contribution >= 4 is 23.4 Å². The molecular formula is C15H11NO4S. The number of carbonyl (C=O) groups is 1. The summed E-state index contributed by atoms with van der Waals surface area (Å²) in [5.41, 5.74) is 0.527. The fraction of sp³-hybridized carbons (Fsp3) is 0.0667. The zero-order valence-electron chi connectivity index (χ0n) is 10.9. The van der Waals surface area contributed by atoms with Gasteiger partial charge in [-0.05, 0) is 29.7 Å². The molecule has 0 atom stereocenters. The van der Waals surface area contributed by atoms with Gasteiger partial charge in [0.1, 0.15) is 12.3 Å². The molecule has 0 amide bonds. The Balaban J connectivity index is 1.54. The Kier molecular flexibility index (Phi) is 3.97. The van der Waals surface area contributed by atoms with E-state index in [2.05, 4.69) is 5.16 Å². The maximum absolute atomic E-state index is 11.6. The van der Waals surface area contributed by atoms with Gasteiger partial charge in [0.15, 0.2) is 5.76 Å². The first kappa shape index (κ1) is 13.4. The molecule has 0 aliphatic rings. The van der Waals surface area contributed by atoms with Gasteiger partial charge in [-0.2, -0.15) is 0 Å². The van der Waals surface area contributed by atoms with E-state index in [1.54, 1.807) is 41.9 Å². The van der Waals surface area contributed by atoms with Gasteiger partial charge in [0, 0.05) is 17.0 Å². The summed E-state index contributed by atoms with van der Waals surface area (Å²) in [6.07, 6.45) is 4.65. The van der Waals surface area contributed by atoms with Gasteiger partial charge in [-0.25, -0.2) is 4.79 Å². The topological polar surface area (TPSA) is 65.5 Å². The standard InChI is InChI=1S/C15H11NO4S/c17-15(6-5-12-3-2-8-21-12)19-10-11-9-14(20-16-11)13-4-1-7-18-13/h1-9H,10H2/b6-5+. The number of esters is 1. The van der Waals surface area contributed by atoms with Crippen LogP contribution < -0.4 is 0 Å². The van der Waals surface area contributed by atoms with Gasteiger partial charge in [-0.15, -0.1) is 11.3 Å². The number of nitrogens with zero attached hydrogens (tertiary/aromatic N) is 1. The minimum Gasteiger partial charge on any atom is -0.461 e. The van der Waals surface area contributed by atoms with E-state index in [1.165, 1.54) is 6.08 Å². The van der Waals surface area contributed by atoms with Gasteiger partial charge < -0.3 is 13.7 Å². The molecule has 5 nitrogen and oxygen atoms in total. The summed E-state index contributed by atoms with van der Waals surface area (Å²) in [5.74, 6) is 0.656. The molecule has 3 heterocycles. The summed E-state index contributed by atoms with van der Waals surface area (Å²) in [6.45, 7) is 0.0534. The largest absolute Gasteiger partial charge is 0.461 e. The maximum Gasteiger partial charge on any atom is 0.331 e. The normalized spacial score (nSPS) is 11.0. The Morgan fingerprint density at radius 2 is 2.29 bits per heavy atom. The first-order valence-corrected chi connectivity index (χ1v) is 7.07. The number of hydrogen-bond acceptors (Lipinski definition) is 6. The van der Waals surface area contributed by atoms with E-state index in [-0.39, 0.29) is 6.61 Å². The molecule has 0 bridgehead atoms. The summed E-state index contributed by atoms with van der Waals surface area (Å²) >= 11 is 1.55. The number of aromatic nitrogens is 1. The van der Waals surface area contributed by atoms with Crippen LogP contribution >= 0.6 is 11.3 Å². The van der Waals surface area contributed by atoms with Crippen LogP contribution in [0.3, 0.4) is 0 Å². The first-order valence-electron chi connectivity index (χ1n) is 6.19. The van der Waals surface area contributed by atoms with Crippen molar-refractivity contribution in [2.24, 2.45) is 0 Å². The van der Waals surface area contributed by atoms with Crippen LogP contribution in [0.5, 0.6) is 0 Å². The molecule has 0 aromatic carbocycles. The van der Waals surface area contributed by atoms with Crippen LogP contribution in [0.1, 0.15) is 10.6 Å². The second-order valence-electron chi connectivity index (χ2n) is 4.12. The molecule has 0 spiro atoms. The number of thiophene rings is 1. The molecule has 3 aromatic rings. The highest BCUT2D eigenvalue weighted by Crippen LogP contribution is 2.20. The van der Waals surface area contributed by atoms with E-state index in [0.29, 0.717) is 17.2 Å². The van der Waals surface area contributed by atoms with E-state index >= 15 is 0 Å². The van der Waals surface area contributed by atoms with Crippen molar-refractivity contribution in [1.82, 2.24) is 5.16 Å². The molecule has 106 valence electrons. The van der Waals surface area contributed by atoms with Crippen LogP contribution in [0, 0.1) is 0 Å². The van der Waals surface area contributed by atoms with Crippen LogP contribution in [-0.2, 0) is 16.1 Å². The van der Waals surface area contributed by atoms with Gasteiger partial charge >= 0.3 is 5.97 Å². The quantitative estimate of drug-likeness (QED) is 0.530. The number of rotatable bonds is 5. The predicted molar refractivity (Wildman–Crippen MR) is 77.4 cm³/mol. The van der Waals surface area contributed by atoms with Crippen LogP contribution in [0.4, 0.5) is 0 Å². The van der Waals surface area contributed by atoms with Gasteiger partial charge in [-0.1, -0.05) is 11.2 Å². The minimum atomic E-state index is -0.425. The summed E-state index contributed by atoms with van der Waals surface area (Å²) in [7, 11) is 0. The summed E-state index contributed by atoms with van der Waals surface area (Å²) < 4.78 is 15.4. The monoisotopic (exact) mass is 301 g/mol. The summed E-state index contributed by atoms with van der Waals surface area (Å²) in [4.78, 5) is 12.6. The van der Waals surface area contributed by atoms with E-state index < -0.39 is 5.97 Å². The van der Waals surface area contributed by atoms with Crippen LogP contribution in [0.25, 0.3) is 17.6 Å². The Labute approximate surface area is 124 Å². The highest BCUT2D eigenvalue weighted by atomic mass is 32.1. The van der Waals surface area contributed by atoms with E-state index in [0.717, 1.165) is 4.88 Å². The van der Waals surface area contributed by atoms with Crippen molar-refractivity contribution in [3.05, 3.63) is 58.6 Å². The van der Waals surface area contributed by atoms with Crippen molar-refractivity contribution < 1.29 is 18.5 Å². The Morgan fingerprint density at radius 3 is 3.05 bits per heavy atom. The molecule has 3 aromatic heterocycles. The molecule has 6 heteroatoms. The van der Waals surface area contributed by atoms with E-state index in [4.69, 9.17) is 13.7 Å². The van der Waals surface area contributed by atoms with Crippen molar-refractivity contribution in [2.45, 2.75) is 6.61 Å². The average Bonchev–Trinajstić information content (AvgIpc) is 3.24. The fourth-order valence-electron chi connectivity index (χ4n) is 1.64. The lowest BCUT2D eigenvalue weighted by molar-refractivity contribution is -0.139. The van der Waals surface area contributed by atoms with Crippen molar-refractivity contribution in [2.75, 3.05) is 0 Å². The number of furan rings is 1. The molecule has 3 rings (SSSR count). The lowest BCUT2D eigenvalue weighted by Gasteiger charge is -1.96. The maximum atomic E-state index is 11.6. The predicted octanol–water partition coefficient (Wildman–Crippen LogP) is 3.75. The van der Waals surface area contributed by atoms with Crippen LogP contribution in [0.2, 0.25) is 0 Å². The summed E-state index contributed by atoms with van der Waals surface area (Å²) in [6, 6.07) is 9.03. The van der Waals surface area contributed by atoms with Gasteiger partial charge in [0.05, 0.1) is 6.26 Å². The van der Waals surface area contributed by atoms with Crippen LogP contribution in [-0.4, -0.2) is 11.1 Å². The molecule has 0 radical (unpaired) electrons. The second-order valence-corrected chi connectivity index (χ2v) is 5.10. The second kappa shape index (κ2) is 6.23. The third-order valence-electron chi connectivity index (χ3n) is 2.61. The minimum absolute atomic E-state index is 0.0534. The van der Waals surface area contributed by atoms with Gasteiger partial charge in [0.2, 0.25) is 5.76 Å². The molecule has 21 heavy (non-hydrogen) atoms. The molecule has 0 saturated carbocycles. The smallest absolute Gasteiger partial charge is 0.331 e. The van der Waals surface area contributed by atoms with Crippen molar-refractivity contribution in [3.63, 3.8) is 0 Å². The van der Waals surface area contributed by atoms with E-state index in [9.17, 15) is 4.79 Å². The Hall–Kier alpha value is -2.60. The third-order valence-corrected chi connectivity index (χ3v) is 3.45. The zero-order chi connectivity index (χ0) is 14.5. The molecule has 0 unspecified atom stereocenters. The molecule has 0 fully saturated rings. The lowest BCUT2D eigenvalue weighted by atomic mass is 10.3. The average molecular weight is 301 g/mol. The summed E-state index contributed by atoms with van der Waals surface area (Å²) in [5, 5.41) is 5.76. The SMILES string of the molecule is O=C(/C=C/c1cccs1)OCc1cc(-c2ccco2)on1. The molecule has 0 aliphatic heterocycles. The molecular weight excluding hydrogens is 290 g/mol. The number of hydrogen-bond donors (Lipinski definition) is 0. The zero-order valence-corrected chi connectivity index (χ0v) is 11.7. The third kappa shape index (κ3) is 3.49. The first-order chi connectivity index (χ1) is 10.3.